The summed E-state index contributed by atoms with van der Waals surface area (Å²) in [5.41, 5.74) is 3.66. The van der Waals surface area contributed by atoms with Crippen molar-refractivity contribution < 1.29 is 9.47 Å². The van der Waals surface area contributed by atoms with E-state index in [1.165, 1.54) is 16.7 Å². The first kappa shape index (κ1) is 14.4. The Hall–Kier alpha value is -1.06. The van der Waals surface area contributed by atoms with Crippen molar-refractivity contribution >= 4 is 0 Å². The molecule has 1 heterocycles. The summed E-state index contributed by atoms with van der Waals surface area (Å²) in [7, 11) is 3.74. The number of nitrogens with one attached hydrogen (secondary N) is 1. The second-order valence-electron chi connectivity index (χ2n) is 5.56. The highest BCUT2D eigenvalue weighted by Gasteiger charge is 2.32. The molecule has 3 atom stereocenters. The average molecular weight is 263 g/mol. The molecule has 3 unspecified atom stereocenters. The molecule has 0 aromatic heterocycles. The van der Waals surface area contributed by atoms with Crippen LogP contribution in [0, 0.1) is 19.8 Å². The molecule has 0 radical (unpaired) electrons. The van der Waals surface area contributed by atoms with Gasteiger partial charge in [-0.3, -0.25) is 0 Å². The van der Waals surface area contributed by atoms with E-state index in [1.807, 2.05) is 7.05 Å². The van der Waals surface area contributed by atoms with Crippen molar-refractivity contribution in [1.29, 1.82) is 0 Å². The molecular formula is C16H25NO2. The molecule has 0 amide bonds. The number of methoxy groups -OCH3 is 1. The minimum Gasteiger partial charge on any atom is -0.496 e. The van der Waals surface area contributed by atoms with Crippen LogP contribution in [0.4, 0.5) is 0 Å². The molecule has 3 heteroatoms. The van der Waals surface area contributed by atoms with E-state index in [2.05, 4.69) is 38.2 Å². The van der Waals surface area contributed by atoms with Crippen LogP contribution in [0.25, 0.3) is 0 Å². The normalized spacial score (nSPS) is 24.5. The van der Waals surface area contributed by atoms with E-state index in [1.54, 1.807) is 7.11 Å². The van der Waals surface area contributed by atoms with Crippen LogP contribution in [0.5, 0.6) is 5.75 Å². The van der Waals surface area contributed by atoms with Crippen molar-refractivity contribution in [1.82, 2.24) is 5.32 Å². The van der Waals surface area contributed by atoms with Crippen LogP contribution in [0.2, 0.25) is 0 Å². The molecule has 1 aromatic carbocycles. The van der Waals surface area contributed by atoms with Gasteiger partial charge in [-0.05, 0) is 49.9 Å². The topological polar surface area (TPSA) is 30.5 Å². The van der Waals surface area contributed by atoms with Gasteiger partial charge in [-0.15, -0.1) is 0 Å². The third kappa shape index (κ3) is 2.77. The van der Waals surface area contributed by atoms with E-state index in [0.717, 1.165) is 18.8 Å². The number of hydrogen-bond donors (Lipinski definition) is 1. The van der Waals surface area contributed by atoms with Gasteiger partial charge in [0.05, 0.1) is 19.3 Å². The third-order valence-corrected chi connectivity index (χ3v) is 4.13. The summed E-state index contributed by atoms with van der Waals surface area (Å²) in [5, 5.41) is 3.42. The van der Waals surface area contributed by atoms with Crippen LogP contribution in [-0.4, -0.2) is 26.9 Å². The lowest BCUT2D eigenvalue weighted by Crippen LogP contribution is -2.32. The van der Waals surface area contributed by atoms with Crippen molar-refractivity contribution in [2.24, 2.45) is 5.92 Å². The number of benzene rings is 1. The quantitative estimate of drug-likeness (QED) is 0.906. The van der Waals surface area contributed by atoms with Gasteiger partial charge in [0, 0.05) is 6.61 Å². The Kier molecular flexibility index (Phi) is 4.48. The average Bonchev–Trinajstić information content (AvgIpc) is 2.77. The van der Waals surface area contributed by atoms with E-state index in [0.29, 0.717) is 5.92 Å². The van der Waals surface area contributed by atoms with Gasteiger partial charge in [0.15, 0.2) is 0 Å². The molecule has 0 saturated carbocycles. The molecule has 106 valence electrons. The summed E-state index contributed by atoms with van der Waals surface area (Å²) in [6.45, 7) is 7.34. The fourth-order valence-electron chi connectivity index (χ4n) is 3.15. The first-order chi connectivity index (χ1) is 9.08. The highest BCUT2D eigenvalue weighted by Crippen LogP contribution is 2.34. The van der Waals surface area contributed by atoms with Crippen LogP contribution in [0.1, 0.15) is 36.1 Å². The van der Waals surface area contributed by atoms with Gasteiger partial charge in [0.1, 0.15) is 5.75 Å². The monoisotopic (exact) mass is 263 g/mol. The lowest BCUT2D eigenvalue weighted by Gasteiger charge is -2.27. The number of ether oxygens (including phenoxy) is 2. The molecular weight excluding hydrogens is 238 g/mol. The van der Waals surface area contributed by atoms with Gasteiger partial charge >= 0.3 is 0 Å². The second-order valence-corrected chi connectivity index (χ2v) is 5.56. The molecule has 19 heavy (non-hydrogen) atoms. The van der Waals surface area contributed by atoms with Crippen molar-refractivity contribution in [2.75, 3.05) is 20.8 Å². The van der Waals surface area contributed by atoms with Gasteiger partial charge in [0.2, 0.25) is 0 Å². The summed E-state index contributed by atoms with van der Waals surface area (Å²) in [5.74, 6) is 1.58. The van der Waals surface area contributed by atoms with Gasteiger partial charge < -0.3 is 14.8 Å². The summed E-state index contributed by atoms with van der Waals surface area (Å²) < 4.78 is 11.4. The summed E-state index contributed by atoms with van der Waals surface area (Å²) >= 11 is 0. The lowest BCUT2D eigenvalue weighted by atomic mass is 9.90. The zero-order chi connectivity index (χ0) is 14.0. The highest BCUT2D eigenvalue weighted by atomic mass is 16.5. The van der Waals surface area contributed by atoms with Crippen molar-refractivity contribution in [2.45, 2.75) is 39.3 Å². The molecule has 0 spiro atoms. The van der Waals surface area contributed by atoms with Crippen molar-refractivity contribution in [3.63, 3.8) is 0 Å². The minimum atomic E-state index is 0.251. The first-order valence-corrected chi connectivity index (χ1v) is 7.02. The fraction of sp³-hybridized carbons (Fsp3) is 0.625. The van der Waals surface area contributed by atoms with Crippen LogP contribution in [-0.2, 0) is 4.74 Å². The maximum absolute atomic E-state index is 5.92. The summed E-state index contributed by atoms with van der Waals surface area (Å²) in [4.78, 5) is 0. The van der Waals surface area contributed by atoms with Crippen LogP contribution in [0.3, 0.4) is 0 Å². The summed E-state index contributed by atoms with van der Waals surface area (Å²) in [6, 6.07) is 4.67. The number of aryl methyl sites for hydroxylation is 2. The third-order valence-electron chi connectivity index (χ3n) is 4.13. The number of hydrogen-bond acceptors (Lipinski definition) is 3. The number of likely N-dealkylation sites (N-methyl/N-ethyl adjacent to an activating group) is 1. The molecule has 1 aliphatic rings. The molecule has 0 bridgehead atoms. The molecule has 1 fully saturated rings. The minimum absolute atomic E-state index is 0.251. The van der Waals surface area contributed by atoms with Gasteiger partial charge in [-0.1, -0.05) is 19.1 Å². The Bertz CT molecular complexity index is 421. The van der Waals surface area contributed by atoms with Gasteiger partial charge in [-0.2, -0.15) is 0 Å². The smallest absolute Gasteiger partial charge is 0.124 e. The largest absolute Gasteiger partial charge is 0.496 e. The van der Waals surface area contributed by atoms with Crippen molar-refractivity contribution in [3.8, 4) is 5.75 Å². The summed E-state index contributed by atoms with van der Waals surface area (Å²) in [6.07, 6.45) is 1.41. The zero-order valence-electron chi connectivity index (χ0n) is 12.6. The highest BCUT2D eigenvalue weighted by molar-refractivity contribution is 5.44. The molecule has 0 aliphatic carbocycles. The van der Waals surface area contributed by atoms with E-state index in [9.17, 15) is 0 Å². The Morgan fingerprint density at radius 1 is 1.32 bits per heavy atom. The van der Waals surface area contributed by atoms with E-state index in [-0.39, 0.29) is 12.1 Å². The second kappa shape index (κ2) is 5.93. The van der Waals surface area contributed by atoms with Crippen LogP contribution < -0.4 is 10.1 Å². The predicted octanol–water partition coefficient (Wildman–Crippen LogP) is 3.00. The molecule has 1 saturated heterocycles. The number of rotatable bonds is 4. The maximum Gasteiger partial charge on any atom is 0.124 e. The van der Waals surface area contributed by atoms with Gasteiger partial charge in [-0.25, -0.2) is 0 Å². The molecule has 1 aliphatic heterocycles. The lowest BCUT2D eigenvalue weighted by molar-refractivity contribution is 0.0631. The Labute approximate surface area is 116 Å². The Balaban J connectivity index is 2.33. The van der Waals surface area contributed by atoms with Crippen LogP contribution >= 0.6 is 0 Å². The SMILES string of the molecule is CNC(c1cc(C)c(OC)c(C)c1)C1OCCC1C. The predicted molar refractivity (Wildman–Crippen MR) is 77.8 cm³/mol. The van der Waals surface area contributed by atoms with Gasteiger partial charge in [0.25, 0.3) is 0 Å². The Morgan fingerprint density at radius 3 is 2.37 bits per heavy atom. The van der Waals surface area contributed by atoms with Crippen LogP contribution in [0.15, 0.2) is 12.1 Å². The first-order valence-electron chi connectivity index (χ1n) is 7.02. The molecule has 2 rings (SSSR count). The zero-order valence-corrected chi connectivity index (χ0v) is 12.6. The molecule has 1 aromatic rings. The molecule has 1 N–H and O–H groups in total. The van der Waals surface area contributed by atoms with E-state index in [4.69, 9.17) is 9.47 Å². The van der Waals surface area contributed by atoms with E-state index < -0.39 is 0 Å². The molecule has 3 nitrogen and oxygen atoms in total. The van der Waals surface area contributed by atoms with E-state index >= 15 is 0 Å². The standard InChI is InChI=1S/C16H25NO2/c1-10-6-7-19-16(10)14(17-4)13-8-11(2)15(18-5)12(3)9-13/h8-10,14,16-17H,6-7H2,1-5H3. The Morgan fingerprint density at radius 2 is 1.95 bits per heavy atom. The van der Waals surface area contributed by atoms with Crippen molar-refractivity contribution in [3.05, 3.63) is 28.8 Å². The fourth-order valence-corrected chi connectivity index (χ4v) is 3.15. The maximum atomic E-state index is 5.92.